The summed E-state index contributed by atoms with van der Waals surface area (Å²) in [6.45, 7) is -0.917. The first-order chi connectivity index (χ1) is 65.4. The topological polar surface area (TPSA) is 70.0 Å². The summed E-state index contributed by atoms with van der Waals surface area (Å²) in [5.74, 6) is 1.66. The first kappa shape index (κ1) is 72.3. The SMILES string of the molecule is C1=Cc2cc3oc4c(c3c3cccc1c23)B(c1ccc(-n2c3ccccc3c3ccccc32)cc1)c1oc2ccccc2c1B4c1ccc2cc3cc4ccccc4cc3cc2c1.c1ccc2c(c1)Oc1ccccc1N2c1ccc(B2c3oc4ccccc4c3B(c3ccc4c(c3)-c3ccccc3C43c4ccccc4-c4ccccc43)c3oc4ccc5ccccc5c4c32)cc1. The van der Waals surface area contributed by atoms with Crippen molar-refractivity contribution >= 4 is 242 Å². The fourth-order valence-electron chi connectivity index (χ4n) is 24.5. The Morgan fingerprint density at radius 1 is 0.227 bits per heavy atom. The van der Waals surface area contributed by atoms with Crippen LogP contribution in [0, 0.1) is 0 Å². The predicted octanol–water partition coefficient (Wildman–Crippen LogP) is 22.3. The van der Waals surface area contributed by atoms with E-state index in [4.69, 9.17) is 22.4 Å². The molecule has 0 radical (unpaired) electrons. The van der Waals surface area contributed by atoms with Gasteiger partial charge in [-0.3, -0.25) is 0 Å². The van der Waals surface area contributed by atoms with Gasteiger partial charge in [0.25, 0.3) is 26.9 Å². The standard InChI is InChI=1S/C63H37B2NO3.C58H33B2NO2/c1-2-16-42-38(15-1)29-36-57-58(42)60-62(69-57)65(40-32-35-51-47(37-40)45-19-5-9-23-50(45)63(51)48-21-7-3-17-43(48)44-18-4-8-22-49(44)63)59-46-20-6-12-26-54(46)68-61(59)64(60)39-30-33-41(34-31-39)66-52-24-10-13-27-55(52)67-56-28-14-11-25-53(56)66;1-2-11-36-29-40-31-41-32-43(23-22-37(41)30-39(40)28-35(36)10-1)60-55-47-15-5-8-19-51(47)62-57(55)59(56-54-48-16-9-12-34-20-21-38(53(34)48)33-52(54)63-58(56)60)42-24-26-44(27-25-42)61-49-17-6-3-13-45(49)46-14-4-7-18-50(46)61/h1-37H;1-33H. The third kappa shape index (κ3) is 9.98. The fourth-order valence-corrected chi connectivity index (χ4v) is 24.5. The van der Waals surface area contributed by atoms with Crippen molar-refractivity contribution in [2.24, 2.45) is 0 Å². The summed E-state index contributed by atoms with van der Waals surface area (Å²) in [7, 11) is 0. The van der Waals surface area contributed by atoms with E-state index in [-0.39, 0.29) is 26.9 Å². The highest BCUT2D eigenvalue weighted by Crippen LogP contribution is 2.63. The Labute approximate surface area is 759 Å². The van der Waals surface area contributed by atoms with E-state index >= 15 is 0 Å². The van der Waals surface area contributed by atoms with Crippen LogP contribution in [0.1, 0.15) is 33.4 Å². The van der Waals surface area contributed by atoms with Crippen LogP contribution in [0.2, 0.25) is 0 Å². The molecule has 1 spiro atoms. The second-order valence-corrected chi connectivity index (χ2v) is 36.5. The Kier molecular flexibility index (Phi) is 14.9. The van der Waals surface area contributed by atoms with E-state index in [1.165, 1.54) is 164 Å². The van der Waals surface area contributed by atoms with Gasteiger partial charge in [-0.25, -0.2) is 0 Å². The van der Waals surface area contributed by atoms with Gasteiger partial charge < -0.3 is 31.9 Å². The van der Waals surface area contributed by atoms with Crippen LogP contribution in [-0.4, -0.2) is 31.4 Å². The molecular weight excluding hydrogens is 1600 g/mol. The average Bonchev–Trinajstić information content (AvgIpc) is 1.50. The number of fused-ring (bicyclic) bond motifs is 33. The van der Waals surface area contributed by atoms with Crippen LogP contribution in [0.25, 0.3) is 160 Å². The Hall–Kier alpha value is -16.7. The highest BCUT2D eigenvalue weighted by Gasteiger charge is 2.54. The number of nitrogens with zero attached hydrogens (tertiary/aromatic N) is 2. The van der Waals surface area contributed by atoms with E-state index in [1.807, 2.05) is 24.3 Å². The molecule has 8 heterocycles. The van der Waals surface area contributed by atoms with Crippen molar-refractivity contribution in [2.75, 3.05) is 4.90 Å². The van der Waals surface area contributed by atoms with Crippen molar-refractivity contribution in [2.45, 2.75) is 5.41 Å². The summed E-state index contributed by atoms with van der Waals surface area (Å²) in [4.78, 5) is 2.30. The van der Waals surface area contributed by atoms with Crippen molar-refractivity contribution in [3.8, 4) is 39.4 Å². The molecule has 0 fully saturated rings. The summed E-state index contributed by atoms with van der Waals surface area (Å²) < 4.78 is 38.0. The first-order valence-corrected chi connectivity index (χ1v) is 45.8. The second kappa shape index (κ2) is 27.2. The molecule has 0 N–H and O–H groups in total. The van der Waals surface area contributed by atoms with Crippen LogP contribution >= 0.6 is 0 Å². The largest absolute Gasteiger partial charge is 0.471 e. The molecule has 5 aromatic heterocycles. The molecule has 606 valence electrons. The summed E-state index contributed by atoms with van der Waals surface area (Å²) in [6, 6.07) is 151. The molecule has 31 rings (SSSR count). The molecule has 0 bridgehead atoms. The zero-order chi connectivity index (χ0) is 85.9. The Balaban J connectivity index is 0.000000127. The highest BCUT2D eigenvalue weighted by molar-refractivity contribution is 7.13. The Morgan fingerprint density at radius 2 is 0.636 bits per heavy atom. The molecule has 0 unspecified atom stereocenters. The van der Waals surface area contributed by atoms with Crippen LogP contribution in [-0.2, 0) is 5.41 Å². The molecule has 0 atom stereocenters. The van der Waals surface area contributed by atoms with Crippen molar-refractivity contribution in [1.29, 1.82) is 0 Å². The Morgan fingerprint density at radius 3 is 1.25 bits per heavy atom. The minimum atomic E-state index is -0.427. The number of rotatable bonds is 6. The lowest BCUT2D eigenvalue weighted by Crippen LogP contribution is -2.73. The van der Waals surface area contributed by atoms with Crippen LogP contribution in [0.3, 0.4) is 0 Å². The summed E-state index contributed by atoms with van der Waals surface area (Å²) in [5, 5.41) is 19.3. The zero-order valence-electron chi connectivity index (χ0n) is 71.2. The number of hydrogen-bond acceptors (Lipinski definition) is 6. The van der Waals surface area contributed by atoms with Crippen LogP contribution in [0.5, 0.6) is 11.5 Å². The van der Waals surface area contributed by atoms with E-state index in [9.17, 15) is 0 Å². The van der Waals surface area contributed by atoms with Crippen molar-refractivity contribution in [3.05, 3.63) is 446 Å². The van der Waals surface area contributed by atoms with E-state index in [2.05, 4.69) is 410 Å². The Bertz CT molecular complexity index is 9270. The molecule has 20 aromatic carbocycles. The van der Waals surface area contributed by atoms with Crippen LogP contribution < -0.4 is 76.0 Å². The smallest absolute Gasteiger partial charge is 0.290 e. The van der Waals surface area contributed by atoms with E-state index in [0.717, 1.165) is 112 Å². The number of para-hydroxylation sites is 8. The zero-order valence-corrected chi connectivity index (χ0v) is 71.2. The normalized spacial score (nSPS) is 13.8. The molecule has 7 nitrogen and oxygen atoms in total. The minimum Gasteiger partial charge on any atom is -0.471 e. The molecule has 0 saturated carbocycles. The number of anilines is 3. The highest BCUT2D eigenvalue weighted by atomic mass is 16.5. The average molecular weight is 1680 g/mol. The van der Waals surface area contributed by atoms with Gasteiger partial charge in [0.15, 0.2) is 11.5 Å². The molecular formula is C121H70B4N2O5. The van der Waals surface area contributed by atoms with E-state index in [0.29, 0.717) is 0 Å². The van der Waals surface area contributed by atoms with Crippen molar-refractivity contribution < 1.29 is 22.4 Å². The molecule has 6 aliphatic rings. The molecule has 11 heteroatoms. The molecule has 25 aromatic rings. The first-order valence-electron chi connectivity index (χ1n) is 45.8. The van der Waals surface area contributed by atoms with E-state index < -0.39 is 5.41 Å². The summed E-state index contributed by atoms with van der Waals surface area (Å²) in [5.41, 5.74) is 35.9. The third-order valence-corrected chi connectivity index (χ3v) is 29.9. The molecule has 3 aliphatic carbocycles. The molecule has 3 aliphatic heterocycles. The van der Waals surface area contributed by atoms with Gasteiger partial charge in [0.2, 0.25) is 0 Å². The van der Waals surface area contributed by atoms with Gasteiger partial charge in [-0.05, 0) is 241 Å². The summed E-state index contributed by atoms with van der Waals surface area (Å²) in [6.07, 6.45) is 4.46. The third-order valence-electron chi connectivity index (χ3n) is 29.9. The maximum atomic E-state index is 7.40. The number of ether oxygens (including phenoxy) is 1. The second-order valence-electron chi connectivity index (χ2n) is 36.5. The number of furan rings is 4. The van der Waals surface area contributed by atoms with Gasteiger partial charge in [-0.1, -0.05) is 337 Å². The molecule has 132 heavy (non-hydrogen) atoms. The van der Waals surface area contributed by atoms with Gasteiger partial charge in [0.05, 0.1) is 50.5 Å². The monoisotopic (exact) mass is 1670 g/mol. The lowest BCUT2D eigenvalue weighted by molar-refractivity contribution is 0.477. The van der Waals surface area contributed by atoms with Gasteiger partial charge in [-0.2, -0.15) is 0 Å². The van der Waals surface area contributed by atoms with Gasteiger partial charge in [0.1, 0.15) is 22.3 Å². The number of hydrogen-bond donors (Lipinski definition) is 0. The maximum Gasteiger partial charge on any atom is 0.290 e. The number of benzene rings is 20. The fraction of sp³-hybridized carbons (Fsp3) is 0.00826. The van der Waals surface area contributed by atoms with E-state index in [1.54, 1.807) is 0 Å². The summed E-state index contributed by atoms with van der Waals surface area (Å²) >= 11 is 0. The van der Waals surface area contributed by atoms with Gasteiger partial charge in [-0.15, -0.1) is 0 Å². The lowest BCUT2D eigenvalue weighted by Gasteiger charge is -2.33. The quantitative estimate of drug-likeness (QED) is 0.122. The van der Waals surface area contributed by atoms with Crippen molar-refractivity contribution in [3.63, 3.8) is 0 Å². The van der Waals surface area contributed by atoms with Crippen molar-refractivity contribution in [1.82, 2.24) is 4.57 Å². The predicted molar refractivity (Wildman–Crippen MR) is 551 cm³/mol. The molecule has 0 saturated heterocycles. The number of aromatic nitrogens is 1. The van der Waals surface area contributed by atoms with Gasteiger partial charge in [0, 0.05) is 43.7 Å². The van der Waals surface area contributed by atoms with Gasteiger partial charge >= 0.3 is 0 Å². The maximum absolute atomic E-state index is 7.40. The lowest BCUT2D eigenvalue weighted by atomic mass is 9.23. The van der Waals surface area contributed by atoms with Crippen LogP contribution in [0.15, 0.2) is 430 Å². The minimum absolute atomic E-state index is 0.198. The van der Waals surface area contributed by atoms with Crippen LogP contribution in [0.4, 0.5) is 17.1 Å². The molecule has 0 amide bonds.